The second-order valence-corrected chi connectivity index (χ2v) is 3.98. The summed E-state index contributed by atoms with van der Waals surface area (Å²) < 4.78 is 5.54. The average molecular weight is 257 g/mol. The van der Waals surface area contributed by atoms with E-state index in [1.54, 1.807) is 0 Å². The molecule has 0 unspecified atom stereocenters. The van der Waals surface area contributed by atoms with Gasteiger partial charge in [0, 0.05) is 0 Å². The van der Waals surface area contributed by atoms with E-state index >= 15 is 0 Å². The number of benzene rings is 1. The number of nitrogens with two attached hydrogens (primary N) is 1. The lowest BCUT2D eigenvalue weighted by Crippen LogP contribution is -2.21. The predicted molar refractivity (Wildman–Crippen MR) is 69.2 cm³/mol. The molecule has 3 N–H and O–H groups in total. The molecule has 0 saturated heterocycles. The lowest BCUT2D eigenvalue weighted by Gasteiger charge is -2.19. The Hall–Kier alpha value is -1.42. The van der Waals surface area contributed by atoms with Crippen molar-refractivity contribution >= 4 is 18.2 Å². The number of halogens is 1. The zero-order chi connectivity index (χ0) is 11.4. The number of ether oxygens (including phenoxy) is 1. The number of fused-ring (bicyclic) bond motifs is 1. The summed E-state index contributed by atoms with van der Waals surface area (Å²) >= 11 is 0. The Bertz CT molecular complexity index is 407. The second-order valence-electron chi connectivity index (χ2n) is 3.98. The van der Waals surface area contributed by atoms with E-state index in [-0.39, 0.29) is 24.8 Å². The van der Waals surface area contributed by atoms with Crippen molar-refractivity contribution in [3.8, 4) is 5.75 Å². The first-order valence-electron chi connectivity index (χ1n) is 5.51. The molecule has 0 fully saturated rings. The number of oxime groups is 1. The van der Waals surface area contributed by atoms with Crippen LogP contribution in [0.15, 0.2) is 23.4 Å². The van der Waals surface area contributed by atoms with Crippen LogP contribution in [0.5, 0.6) is 5.75 Å². The van der Waals surface area contributed by atoms with Crippen LogP contribution in [0, 0.1) is 0 Å². The molecule has 0 aliphatic heterocycles. The summed E-state index contributed by atoms with van der Waals surface area (Å²) in [6.07, 6.45) is 4.63. The molecule has 0 saturated carbocycles. The summed E-state index contributed by atoms with van der Waals surface area (Å²) in [7, 11) is 0. The van der Waals surface area contributed by atoms with Crippen molar-refractivity contribution < 1.29 is 9.94 Å². The fourth-order valence-electron chi connectivity index (χ4n) is 2.06. The van der Waals surface area contributed by atoms with Gasteiger partial charge in [0.25, 0.3) is 0 Å². The Morgan fingerprint density at radius 1 is 1.35 bits per heavy atom. The van der Waals surface area contributed by atoms with E-state index in [2.05, 4.69) is 11.2 Å². The molecule has 5 heteroatoms. The van der Waals surface area contributed by atoms with Crippen LogP contribution in [0.4, 0.5) is 0 Å². The minimum Gasteiger partial charge on any atom is -0.485 e. The quantitative estimate of drug-likeness (QED) is 0.377. The van der Waals surface area contributed by atoms with E-state index < -0.39 is 0 Å². The van der Waals surface area contributed by atoms with E-state index in [4.69, 9.17) is 15.7 Å². The number of hydrogen-bond acceptors (Lipinski definition) is 3. The summed E-state index contributed by atoms with van der Waals surface area (Å²) in [5.74, 6) is 0.956. The van der Waals surface area contributed by atoms with E-state index in [0.717, 1.165) is 18.6 Å². The Labute approximate surface area is 107 Å². The third kappa shape index (κ3) is 3.27. The zero-order valence-corrected chi connectivity index (χ0v) is 10.4. The smallest absolute Gasteiger partial charge is 0.177 e. The maximum Gasteiger partial charge on any atom is 0.177 e. The number of rotatable bonds is 3. The molecule has 0 heterocycles. The SMILES string of the molecule is Cl.N/C(COc1cccc2c1CCCC2)=N/O. The number of hydrogen-bond donors (Lipinski definition) is 2. The van der Waals surface area contributed by atoms with Crippen LogP contribution in [-0.4, -0.2) is 17.6 Å². The normalized spacial score (nSPS) is 14.7. The molecular formula is C12H17ClN2O2. The molecule has 1 aliphatic rings. The zero-order valence-electron chi connectivity index (χ0n) is 9.56. The van der Waals surface area contributed by atoms with Gasteiger partial charge in [-0.25, -0.2) is 0 Å². The van der Waals surface area contributed by atoms with Crippen LogP contribution in [0.2, 0.25) is 0 Å². The maximum atomic E-state index is 8.43. The molecule has 1 aromatic carbocycles. The summed E-state index contributed by atoms with van der Waals surface area (Å²) in [4.78, 5) is 0. The monoisotopic (exact) mass is 256 g/mol. The lowest BCUT2D eigenvalue weighted by atomic mass is 9.91. The van der Waals surface area contributed by atoms with Crippen LogP contribution < -0.4 is 10.5 Å². The van der Waals surface area contributed by atoms with Gasteiger partial charge in [0.05, 0.1) is 0 Å². The average Bonchev–Trinajstić information content (AvgIpc) is 2.35. The van der Waals surface area contributed by atoms with E-state index in [0.29, 0.717) is 0 Å². The fraction of sp³-hybridized carbons (Fsp3) is 0.417. The lowest BCUT2D eigenvalue weighted by molar-refractivity contribution is 0.305. The van der Waals surface area contributed by atoms with Gasteiger partial charge in [-0.15, -0.1) is 12.4 Å². The van der Waals surface area contributed by atoms with Gasteiger partial charge in [-0.2, -0.15) is 0 Å². The number of amidine groups is 1. The second kappa shape index (κ2) is 6.35. The molecule has 0 aromatic heterocycles. The van der Waals surface area contributed by atoms with Gasteiger partial charge in [0.1, 0.15) is 12.4 Å². The minimum atomic E-state index is 0. The maximum absolute atomic E-state index is 8.43. The van der Waals surface area contributed by atoms with Crippen LogP contribution in [0.25, 0.3) is 0 Å². The molecular weight excluding hydrogens is 240 g/mol. The highest BCUT2D eigenvalue weighted by Crippen LogP contribution is 2.29. The standard InChI is InChI=1S/C12H16N2O2.ClH/c13-12(14-15)8-16-11-7-3-5-9-4-1-2-6-10(9)11;/h3,5,7,15H,1-2,4,6,8H2,(H2,13,14);1H. The van der Waals surface area contributed by atoms with Crippen LogP contribution in [0.3, 0.4) is 0 Å². The highest BCUT2D eigenvalue weighted by atomic mass is 35.5. The van der Waals surface area contributed by atoms with Gasteiger partial charge in [-0.3, -0.25) is 0 Å². The molecule has 0 radical (unpaired) electrons. The fourth-order valence-corrected chi connectivity index (χ4v) is 2.06. The molecule has 0 bridgehead atoms. The molecule has 0 atom stereocenters. The van der Waals surface area contributed by atoms with E-state index in [1.807, 2.05) is 12.1 Å². The van der Waals surface area contributed by atoms with Gasteiger partial charge < -0.3 is 15.7 Å². The first kappa shape index (κ1) is 13.6. The van der Waals surface area contributed by atoms with Gasteiger partial charge in [-0.1, -0.05) is 17.3 Å². The van der Waals surface area contributed by atoms with Gasteiger partial charge in [0.2, 0.25) is 0 Å². The molecule has 4 nitrogen and oxygen atoms in total. The van der Waals surface area contributed by atoms with Crippen LogP contribution >= 0.6 is 12.4 Å². The van der Waals surface area contributed by atoms with Gasteiger partial charge in [0.15, 0.2) is 5.84 Å². The van der Waals surface area contributed by atoms with Crippen molar-refractivity contribution in [3.63, 3.8) is 0 Å². The van der Waals surface area contributed by atoms with Crippen LogP contribution in [-0.2, 0) is 12.8 Å². The summed E-state index contributed by atoms with van der Waals surface area (Å²) in [5, 5.41) is 11.3. The van der Waals surface area contributed by atoms with E-state index in [1.165, 1.54) is 24.0 Å². The Morgan fingerprint density at radius 3 is 2.88 bits per heavy atom. The largest absolute Gasteiger partial charge is 0.485 e. The Kier molecular flexibility index (Phi) is 5.10. The molecule has 2 rings (SSSR count). The topological polar surface area (TPSA) is 67.8 Å². The molecule has 0 amide bonds. The van der Waals surface area contributed by atoms with Gasteiger partial charge >= 0.3 is 0 Å². The summed E-state index contributed by atoms with van der Waals surface area (Å²) in [6, 6.07) is 6.07. The van der Waals surface area contributed by atoms with Crippen molar-refractivity contribution in [3.05, 3.63) is 29.3 Å². The number of aryl methyl sites for hydroxylation is 1. The predicted octanol–water partition coefficient (Wildman–Crippen LogP) is 2.11. The summed E-state index contributed by atoms with van der Waals surface area (Å²) in [5.41, 5.74) is 8.01. The van der Waals surface area contributed by atoms with Gasteiger partial charge in [-0.05, 0) is 42.9 Å². The molecule has 1 aromatic rings. The van der Waals surface area contributed by atoms with Crippen molar-refractivity contribution in [1.29, 1.82) is 0 Å². The third-order valence-corrected chi connectivity index (χ3v) is 2.86. The molecule has 94 valence electrons. The first-order valence-corrected chi connectivity index (χ1v) is 5.51. The minimum absolute atomic E-state index is 0. The van der Waals surface area contributed by atoms with Crippen molar-refractivity contribution in [2.24, 2.45) is 10.9 Å². The van der Waals surface area contributed by atoms with Crippen molar-refractivity contribution in [2.45, 2.75) is 25.7 Å². The highest BCUT2D eigenvalue weighted by Gasteiger charge is 2.13. The summed E-state index contributed by atoms with van der Waals surface area (Å²) in [6.45, 7) is 0.132. The molecule has 1 aliphatic carbocycles. The van der Waals surface area contributed by atoms with Crippen LogP contribution in [0.1, 0.15) is 24.0 Å². The molecule has 0 spiro atoms. The van der Waals surface area contributed by atoms with E-state index in [9.17, 15) is 0 Å². The highest BCUT2D eigenvalue weighted by molar-refractivity contribution is 5.85. The molecule has 17 heavy (non-hydrogen) atoms. The first-order chi connectivity index (χ1) is 7.81. The number of nitrogens with zero attached hydrogens (tertiary/aromatic N) is 1. The van der Waals surface area contributed by atoms with Crippen molar-refractivity contribution in [2.75, 3.05) is 6.61 Å². The Balaban J connectivity index is 0.00000144. The third-order valence-electron chi connectivity index (χ3n) is 2.86. The van der Waals surface area contributed by atoms with Crippen molar-refractivity contribution in [1.82, 2.24) is 0 Å². The Morgan fingerprint density at radius 2 is 2.12 bits per heavy atom.